The number of benzene rings is 3. The molecule has 0 aliphatic heterocycles. The predicted molar refractivity (Wildman–Crippen MR) is 142 cm³/mol. The van der Waals surface area contributed by atoms with Crippen LogP contribution in [0.3, 0.4) is 0 Å². The first kappa shape index (κ1) is 26.9. The number of aryl methyl sites for hydroxylation is 1. The highest BCUT2D eigenvalue weighted by molar-refractivity contribution is 7.92. The maximum absolute atomic E-state index is 13.8. The summed E-state index contributed by atoms with van der Waals surface area (Å²) in [6.07, 6.45) is 0. The fourth-order valence-corrected chi connectivity index (χ4v) is 5.34. The minimum absolute atomic E-state index is 0.0845. The van der Waals surface area contributed by atoms with E-state index in [4.69, 9.17) is 0 Å². The van der Waals surface area contributed by atoms with Crippen LogP contribution in [-0.2, 0) is 26.2 Å². The van der Waals surface area contributed by atoms with Crippen LogP contribution in [0, 0.1) is 6.92 Å². The zero-order valence-corrected chi connectivity index (χ0v) is 21.9. The number of rotatable bonds is 10. The van der Waals surface area contributed by atoms with Gasteiger partial charge >= 0.3 is 0 Å². The van der Waals surface area contributed by atoms with Crippen molar-refractivity contribution >= 4 is 27.5 Å². The number of para-hydroxylation sites is 1. The Kier molecular flexibility index (Phi) is 8.88. The molecule has 3 aromatic carbocycles. The van der Waals surface area contributed by atoms with Gasteiger partial charge in [0.05, 0.1) is 10.6 Å². The Morgan fingerprint density at radius 2 is 1.39 bits per heavy atom. The lowest BCUT2D eigenvalue weighted by Gasteiger charge is -2.32. The summed E-state index contributed by atoms with van der Waals surface area (Å²) in [5.74, 6) is -0.782. The summed E-state index contributed by atoms with van der Waals surface area (Å²) >= 11 is 0. The van der Waals surface area contributed by atoms with Crippen LogP contribution in [-0.4, -0.2) is 43.8 Å². The van der Waals surface area contributed by atoms with Crippen LogP contribution in [0.1, 0.15) is 31.9 Å². The molecule has 1 N–H and O–H groups in total. The van der Waals surface area contributed by atoms with Crippen molar-refractivity contribution in [3.05, 3.63) is 96.1 Å². The molecule has 7 nitrogen and oxygen atoms in total. The molecule has 1 atom stereocenters. The summed E-state index contributed by atoms with van der Waals surface area (Å²) in [6.45, 7) is 6.87. The Morgan fingerprint density at radius 1 is 0.833 bits per heavy atom. The van der Waals surface area contributed by atoms with E-state index >= 15 is 0 Å². The largest absolute Gasteiger partial charge is 0.352 e. The molecule has 1 unspecified atom stereocenters. The fraction of sp³-hybridized carbons (Fsp3) is 0.286. The molecule has 0 aromatic heterocycles. The third kappa shape index (κ3) is 6.51. The molecule has 8 heteroatoms. The maximum Gasteiger partial charge on any atom is 0.264 e. The monoisotopic (exact) mass is 507 g/mol. The number of hydrogen-bond donors (Lipinski definition) is 1. The molecule has 0 heterocycles. The van der Waals surface area contributed by atoms with E-state index in [0.29, 0.717) is 11.3 Å². The number of nitrogens with one attached hydrogen (secondary N) is 1. The fourth-order valence-electron chi connectivity index (χ4n) is 3.84. The summed E-state index contributed by atoms with van der Waals surface area (Å²) in [4.78, 5) is 28.2. The smallest absolute Gasteiger partial charge is 0.264 e. The topological polar surface area (TPSA) is 86.8 Å². The quantitative estimate of drug-likeness (QED) is 0.447. The van der Waals surface area contributed by atoms with Gasteiger partial charge in [-0.05, 0) is 57.0 Å². The van der Waals surface area contributed by atoms with Gasteiger partial charge in [0.15, 0.2) is 0 Å². The van der Waals surface area contributed by atoms with E-state index in [-0.39, 0.29) is 23.4 Å². The molecule has 0 saturated carbocycles. The van der Waals surface area contributed by atoms with Crippen LogP contribution in [0.25, 0.3) is 0 Å². The standard InChI is InChI=1S/C28H33N3O4S/c1-21(2)29-28(33)23(4)30(19-24-14-7-5-8-15-24)27(32)20-31(26-18-12-11-13-22(26)3)36(34,35)25-16-9-6-10-17-25/h5-18,21,23H,19-20H2,1-4H3,(H,29,33). The molecular weight excluding hydrogens is 474 g/mol. The van der Waals surface area contributed by atoms with Gasteiger partial charge in [-0.3, -0.25) is 13.9 Å². The van der Waals surface area contributed by atoms with Crippen LogP contribution < -0.4 is 9.62 Å². The van der Waals surface area contributed by atoms with Gasteiger partial charge in [0.25, 0.3) is 10.0 Å². The molecule has 3 aromatic rings. The summed E-state index contributed by atoms with van der Waals surface area (Å²) < 4.78 is 28.6. The number of nitrogens with zero attached hydrogens (tertiary/aromatic N) is 2. The van der Waals surface area contributed by atoms with E-state index in [1.165, 1.54) is 17.0 Å². The third-order valence-corrected chi connectivity index (χ3v) is 7.56. The molecule has 0 radical (unpaired) electrons. The average Bonchev–Trinajstić information content (AvgIpc) is 2.86. The van der Waals surface area contributed by atoms with Gasteiger partial charge in [0.2, 0.25) is 11.8 Å². The second-order valence-electron chi connectivity index (χ2n) is 8.96. The van der Waals surface area contributed by atoms with Crippen LogP contribution in [0.5, 0.6) is 0 Å². The first-order chi connectivity index (χ1) is 17.1. The van der Waals surface area contributed by atoms with Crippen molar-refractivity contribution in [3.63, 3.8) is 0 Å². The van der Waals surface area contributed by atoms with Gasteiger partial charge in [0.1, 0.15) is 12.6 Å². The van der Waals surface area contributed by atoms with E-state index in [9.17, 15) is 18.0 Å². The highest BCUT2D eigenvalue weighted by Gasteiger charge is 2.33. The number of amides is 2. The second-order valence-corrected chi connectivity index (χ2v) is 10.8. The van der Waals surface area contributed by atoms with Crippen molar-refractivity contribution in [2.75, 3.05) is 10.8 Å². The molecule has 36 heavy (non-hydrogen) atoms. The highest BCUT2D eigenvalue weighted by Crippen LogP contribution is 2.27. The van der Waals surface area contributed by atoms with E-state index in [1.807, 2.05) is 50.2 Å². The second kappa shape index (κ2) is 11.9. The van der Waals surface area contributed by atoms with Crippen molar-refractivity contribution in [1.29, 1.82) is 0 Å². The minimum Gasteiger partial charge on any atom is -0.352 e. The number of carbonyl (C=O) groups excluding carboxylic acids is 2. The van der Waals surface area contributed by atoms with Gasteiger partial charge in [-0.2, -0.15) is 0 Å². The lowest BCUT2D eigenvalue weighted by atomic mass is 10.1. The molecule has 0 aliphatic carbocycles. The van der Waals surface area contributed by atoms with Gasteiger partial charge < -0.3 is 10.2 Å². The molecule has 0 saturated heterocycles. The van der Waals surface area contributed by atoms with Crippen molar-refractivity contribution in [2.24, 2.45) is 0 Å². The molecule has 0 spiro atoms. The van der Waals surface area contributed by atoms with E-state index < -0.39 is 28.5 Å². The van der Waals surface area contributed by atoms with Crippen molar-refractivity contribution < 1.29 is 18.0 Å². The van der Waals surface area contributed by atoms with Crippen LogP contribution in [0.4, 0.5) is 5.69 Å². The summed E-state index contributed by atoms with van der Waals surface area (Å²) in [6, 6.07) is 23.5. The summed E-state index contributed by atoms with van der Waals surface area (Å²) in [7, 11) is -4.06. The minimum atomic E-state index is -4.06. The Labute approximate surface area is 213 Å². The zero-order valence-electron chi connectivity index (χ0n) is 21.1. The number of sulfonamides is 1. The Balaban J connectivity index is 2.02. The highest BCUT2D eigenvalue weighted by atomic mass is 32.2. The van der Waals surface area contributed by atoms with Crippen LogP contribution >= 0.6 is 0 Å². The Hall–Kier alpha value is -3.65. The molecule has 190 valence electrons. The molecule has 2 amide bonds. The predicted octanol–water partition coefficient (Wildman–Crippen LogP) is 4.13. The molecular formula is C28H33N3O4S. The van der Waals surface area contributed by atoms with Crippen molar-refractivity contribution in [2.45, 2.75) is 51.2 Å². The van der Waals surface area contributed by atoms with Gasteiger partial charge in [-0.1, -0.05) is 66.7 Å². The molecule has 3 rings (SSSR count). The van der Waals surface area contributed by atoms with E-state index in [1.54, 1.807) is 50.2 Å². The number of carbonyl (C=O) groups is 2. The van der Waals surface area contributed by atoms with E-state index in [0.717, 1.165) is 9.87 Å². The van der Waals surface area contributed by atoms with E-state index in [2.05, 4.69) is 5.32 Å². The zero-order chi connectivity index (χ0) is 26.3. The van der Waals surface area contributed by atoms with Crippen LogP contribution in [0.15, 0.2) is 89.8 Å². The Bertz CT molecular complexity index is 1280. The lowest BCUT2D eigenvalue weighted by Crippen LogP contribution is -2.52. The molecule has 0 bridgehead atoms. The maximum atomic E-state index is 13.8. The van der Waals surface area contributed by atoms with Gasteiger partial charge in [-0.15, -0.1) is 0 Å². The summed E-state index contributed by atoms with van der Waals surface area (Å²) in [5, 5.41) is 2.85. The molecule has 0 aliphatic rings. The van der Waals surface area contributed by atoms with Crippen LogP contribution in [0.2, 0.25) is 0 Å². The van der Waals surface area contributed by atoms with Gasteiger partial charge in [0, 0.05) is 12.6 Å². The van der Waals surface area contributed by atoms with Crippen molar-refractivity contribution in [1.82, 2.24) is 10.2 Å². The van der Waals surface area contributed by atoms with Crippen molar-refractivity contribution in [3.8, 4) is 0 Å². The lowest BCUT2D eigenvalue weighted by molar-refractivity contribution is -0.139. The first-order valence-corrected chi connectivity index (χ1v) is 13.3. The number of anilines is 1. The van der Waals surface area contributed by atoms with Gasteiger partial charge in [-0.25, -0.2) is 8.42 Å². The average molecular weight is 508 g/mol. The summed E-state index contributed by atoms with van der Waals surface area (Å²) in [5.41, 5.74) is 1.96. The first-order valence-electron chi connectivity index (χ1n) is 11.9. The number of hydrogen-bond acceptors (Lipinski definition) is 4. The molecule has 0 fully saturated rings. The Morgan fingerprint density at radius 3 is 1.97 bits per heavy atom. The normalized spacial score (nSPS) is 12.1. The SMILES string of the molecule is Cc1ccccc1N(CC(=O)N(Cc1ccccc1)C(C)C(=O)NC(C)C)S(=O)(=O)c1ccccc1. The third-order valence-electron chi connectivity index (χ3n) is 5.79.